The summed E-state index contributed by atoms with van der Waals surface area (Å²) in [5, 5.41) is 32.1. The fraction of sp³-hybridized carbons (Fsp3) is 0.917. The third-order valence-electron chi connectivity index (χ3n) is 3.46. The van der Waals surface area contributed by atoms with Crippen molar-refractivity contribution in [3.63, 3.8) is 0 Å². The van der Waals surface area contributed by atoms with Gasteiger partial charge in [0, 0.05) is 6.42 Å². The Bertz CT molecular complexity index is 364. The van der Waals surface area contributed by atoms with Crippen molar-refractivity contribution in [3.8, 4) is 0 Å². The van der Waals surface area contributed by atoms with Gasteiger partial charge in [0.05, 0.1) is 0 Å². The summed E-state index contributed by atoms with van der Waals surface area (Å²) >= 11 is 0. The maximum atomic E-state index is 10.7. The summed E-state index contributed by atoms with van der Waals surface area (Å²) in [5.74, 6) is -3.32. The molecule has 0 radical (unpaired) electrons. The molecule has 0 N–H and O–H groups in total. The molecule has 0 amide bonds. The van der Waals surface area contributed by atoms with Crippen LogP contribution >= 0.6 is 0 Å². The average molecular weight is 319 g/mol. The molecular formula is C12H21N3O7. The molecule has 22 heavy (non-hydrogen) atoms. The Hall–Kier alpha value is -2.13. The molecule has 0 saturated carbocycles. The van der Waals surface area contributed by atoms with Crippen LogP contribution < -0.4 is 0 Å². The van der Waals surface area contributed by atoms with Crippen LogP contribution in [0.1, 0.15) is 64.2 Å². The first-order valence-corrected chi connectivity index (χ1v) is 7.26. The second-order valence-electron chi connectivity index (χ2n) is 5.08. The largest absolute Gasteiger partial charge is 0.699 e. The van der Waals surface area contributed by atoms with E-state index in [1.54, 1.807) is 0 Å². The molecule has 0 aliphatic carbocycles. The van der Waals surface area contributed by atoms with Crippen molar-refractivity contribution >= 4 is 6.29 Å². The van der Waals surface area contributed by atoms with Gasteiger partial charge in [-0.05, 0) is 12.8 Å². The van der Waals surface area contributed by atoms with E-state index in [1.807, 2.05) is 0 Å². The minimum atomic E-state index is -3.32. The topological polar surface area (TPSA) is 146 Å². The van der Waals surface area contributed by atoms with E-state index in [2.05, 4.69) is 0 Å². The molecule has 0 aromatic rings. The summed E-state index contributed by atoms with van der Waals surface area (Å²) in [7, 11) is 0. The van der Waals surface area contributed by atoms with Gasteiger partial charge in [-0.1, -0.05) is 38.5 Å². The van der Waals surface area contributed by atoms with Crippen molar-refractivity contribution in [3.05, 3.63) is 30.3 Å². The second-order valence-corrected chi connectivity index (χ2v) is 5.08. The molecule has 0 spiro atoms. The van der Waals surface area contributed by atoms with Crippen molar-refractivity contribution < 1.29 is 19.6 Å². The number of nitro groups is 3. The third-order valence-corrected chi connectivity index (χ3v) is 3.46. The van der Waals surface area contributed by atoms with E-state index in [0.717, 1.165) is 44.8 Å². The molecule has 0 aliphatic rings. The van der Waals surface area contributed by atoms with Crippen LogP contribution in [0, 0.1) is 30.3 Å². The molecule has 0 rings (SSSR count). The van der Waals surface area contributed by atoms with E-state index >= 15 is 0 Å². The summed E-state index contributed by atoms with van der Waals surface area (Å²) in [6, 6.07) is 0. The van der Waals surface area contributed by atoms with Crippen LogP contribution in [0.4, 0.5) is 0 Å². The molecule has 0 fully saturated rings. The lowest BCUT2D eigenvalue weighted by atomic mass is 10.0. The van der Waals surface area contributed by atoms with E-state index in [-0.39, 0.29) is 6.42 Å². The molecule has 0 atom stereocenters. The lowest BCUT2D eigenvalue weighted by Crippen LogP contribution is -2.53. The Morgan fingerprint density at radius 1 is 0.682 bits per heavy atom. The molecule has 126 valence electrons. The Labute approximate surface area is 127 Å². The minimum absolute atomic E-state index is 0.0636. The van der Waals surface area contributed by atoms with Gasteiger partial charge in [0.2, 0.25) is 0 Å². The Balaban J connectivity index is 3.97. The number of hydrogen-bond donors (Lipinski definition) is 0. The summed E-state index contributed by atoms with van der Waals surface area (Å²) in [6.45, 7) is 0. The number of nitrogens with zero attached hydrogens (tertiary/aromatic N) is 3. The zero-order valence-electron chi connectivity index (χ0n) is 12.3. The standard InChI is InChI=1S/C12H21N3O7/c16-11-9-7-5-3-1-2-4-6-8-10-12(13(17)18,14(19)20)15(21)22/h11H,1-10H2. The van der Waals surface area contributed by atoms with Gasteiger partial charge in [0.25, 0.3) is 0 Å². The fourth-order valence-corrected chi connectivity index (χ4v) is 2.12. The van der Waals surface area contributed by atoms with Crippen LogP contribution in [0.2, 0.25) is 0 Å². The monoisotopic (exact) mass is 319 g/mol. The van der Waals surface area contributed by atoms with Crippen LogP contribution in [0.15, 0.2) is 0 Å². The van der Waals surface area contributed by atoms with Crippen LogP contribution in [0.5, 0.6) is 0 Å². The van der Waals surface area contributed by atoms with Gasteiger partial charge in [-0.2, -0.15) is 0 Å². The number of aldehydes is 1. The number of hydrogen-bond acceptors (Lipinski definition) is 7. The van der Waals surface area contributed by atoms with E-state index in [9.17, 15) is 35.1 Å². The van der Waals surface area contributed by atoms with Gasteiger partial charge in [0.1, 0.15) is 6.29 Å². The first kappa shape index (κ1) is 19.9. The molecular weight excluding hydrogens is 298 g/mol. The molecule has 10 nitrogen and oxygen atoms in total. The van der Waals surface area contributed by atoms with E-state index in [4.69, 9.17) is 0 Å². The molecule has 0 aromatic heterocycles. The van der Waals surface area contributed by atoms with Crippen LogP contribution in [-0.2, 0) is 4.79 Å². The van der Waals surface area contributed by atoms with Crippen molar-refractivity contribution in [1.29, 1.82) is 0 Å². The van der Waals surface area contributed by atoms with Crippen molar-refractivity contribution in [2.45, 2.75) is 70.0 Å². The second kappa shape index (κ2) is 10.6. The molecule has 0 aromatic carbocycles. The number of carbonyl (C=O) groups excluding carboxylic acids is 1. The van der Waals surface area contributed by atoms with Crippen LogP contribution in [0.3, 0.4) is 0 Å². The van der Waals surface area contributed by atoms with Crippen molar-refractivity contribution in [2.75, 3.05) is 0 Å². The molecule has 10 heteroatoms. The van der Waals surface area contributed by atoms with Gasteiger partial charge in [-0.25, -0.2) is 0 Å². The smallest absolute Gasteiger partial charge is 0.303 e. The predicted octanol–water partition coefficient (Wildman–Crippen LogP) is 2.57. The summed E-state index contributed by atoms with van der Waals surface area (Å²) in [4.78, 5) is 37.9. The molecule has 0 bridgehead atoms. The van der Waals surface area contributed by atoms with Gasteiger partial charge in [0.15, 0.2) is 21.2 Å². The van der Waals surface area contributed by atoms with Crippen LogP contribution in [0.25, 0.3) is 0 Å². The van der Waals surface area contributed by atoms with Crippen molar-refractivity contribution in [2.24, 2.45) is 0 Å². The summed E-state index contributed by atoms with van der Waals surface area (Å²) < 4.78 is 0. The lowest BCUT2D eigenvalue weighted by molar-refractivity contribution is -0.970. The molecule has 0 aliphatic heterocycles. The minimum Gasteiger partial charge on any atom is -0.303 e. The summed E-state index contributed by atoms with van der Waals surface area (Å²) in [5.41, 5.74) is 0. The quantitative estimate of drug-likeness (QED) is 0.157. The highest BCUT2D eigenvalue weighted by molar-refractivity contribution is 5.48. The average Bonchev–Trinajstić information content (AvgIpc) is 2.43. The van der Waals surface area contributed by atoms with Gasteiger partial charge >= 0.3 is 5.79 Å². The highest BCUT2D eigenvalue weighted by Gasteiger charge is 2.69. The third kappa shape index (κ3) is 6.10. The van der Waals surface area contributed by atoms with Gasteiger partial charge < -0.3 is 4.79 Å². The van der Waals surface area contributed by atoms with Gasteiger partial charge in [-0.3, -0.25) is 30.3 Å². The maximum absolute atomic E-state index is 10.7. The zero-order valence-corrected chi connectivity index (χ0v) is 12.3. The highest BCUT2D eigenvalue weighted by atomic mass is 16.7. The highest BCUT2D eigenvalue weighted by Crippen LogP contribution is 2.21. The maximum Gasteiger partial charge on any atom is 0.699 e. The van der Waals surface area contributed by atoms with Gasteiger partial charge in [-0.15, -0.1) is 0 Å². The summed E-state index contributed by atoms with van der Waals surface area (Å²) in [6.07, 6.45) is 6.61. The molecule has 0 saturated heterocycles. The first-order chi connectivity index (χ1) is 10.4. The predicted molar refractivity (Wildman–Crippen MR) is 75.9 cm³/mol. The Kier molecular flexibility index (Phi) is 9.55. The molecule has 0 heterocycles. The SMILES string of the molecule is O=CCCCCCCCCCCC([N+](=O)[O-])([N+](=O)[O-])[N+](=O)[O-]. The van der Waals surface area contributed by atoms with Crippen molar-refractivity contribution in [1.82, 2.24) is 0 Å². The Morgan fingerprint density at radius 2 is 1.05 bits per heavy atom. The number of unbranched alkanes of at least 4 members (excludes halogenated alkanes) is 8. The van der Waals surface area contributed by atoms with Crippen LogP contribution in [-0.4, -0.2) is 26.8 Å². The molecule has 0 unspecified atom stereocenters. The van der Waals surface area contributed by atoms with E-state index in [1.165, 1.54) is 0 Å². The first-order valence-electron chi connectivity index (χ1n) is 7.26. The lowest BCUT2D eigenvalue weighted by Gasteiger charge is -2.08. The fourth-order valence-electron chi connectivity index (χ4n) is 2.12. The van der Waals surface area contributed by atoms with E-state index in [0.29, 0.717) is 12.8 Å². The Morgan fingerprint density at radius 3 is 1.41 bits per heavy atom. The number of carbonyl (C=O) groups is 1. The normalized spacial score (nSPS) is 11.1. The number of rotatable bonds is 14. The zero-order chi connectivity index (χ0) is 17.0. The van der Waals surface area contributed by atoms with E-state index < -0.39 is 27.0 Å².